The van der Waals surface area contributed by atoms with Crippen LogP contribution in [0.3, 0.4) is 0 Å². The van der Waals surface area contributed by atoms with Gasteiger partial charge in [0.1, 0.15) is 0 Å². The standard InChI is InChI=1S/C19H38NO2/c1-7-8-9-10-11-12-13-14-15-16-18(20(4,5)6)22-19(21)17(2)3/h18H,2,7-16H2,1,3-6H3/q+1. The van der Waals surface area contributed by atoms with Crippen LogP contribution in [0.1, 0.15) is 78.1 Å². The normalized spacial score (nSPS) is 13.0. The zero-order valence-electron chi connectivity index (χ0n) is 15.6. The van der Waals surface area contributed by atoms with Crippen LogP contribution in [0.5, 0.6) is 0 Å². The maximum Gasteiger partial charge on any atom is 0.337 e. The van der Waals surface area contributed by atoms with E-state index in [2.05, 4.69) is 34.6 Å². The number of hydrogen-bond donors (Lipinski definition) is 0. The van der Waals surface area contributed by atoms with E-state index in [0.29, 0.717) is 10.1 Å². The molecule has 0 fully saturated rings. The zero-order valence-corrected chi connectivity index (χ0v) is 15.6. The van der Waals surface area contributed by atoms with Crippen molar-refractivity contribution in [1.82, 2.24) is 0 Å². The molecule has 0 amide bonds. The van der Waals surface area contributed by atoms with Crippen LogP contribution in [0.4, 0.5) is 0 Å². The summed E-state index contributed by atoms with van der Waals surface area (Å²) in [6.45, 7) is 7.62. The van der Waals surface area contributed by atoms with Gasteiger partial charge < -0.3 is 4.74 Å². The molecular weight excluding hydrogens is 274 g/mol. The minimum absolute atomic E-state index is 0.0752. The first-order valence-electron chi connectivity index (χ1n) is 8.96. The molecule has 0 saturated carbocycles. The molecule has 0 rings (SSSR count). The molecule has 22 heavy (non-hydrogen) atoms. The number of ether oxygens (including phenoxy) is 1. The van der Waals surface area contributed by atoms with Gasteiger partial charge in [-0.25, -0.2) is 4.79 Å². The Morgan fingerprint density at radius 3 is 1.82 bits per heavy atom. The van der Waals surface area contributed by atoms with Crippen molar-refractivity contribution in [2.24, 2.45) is 0 Å². The van der Waals surface area contributed by atoms with Crippen LogP contribution in [-0.2, 0) is 9.53 Å². The molecule has 0 radical (unpaired) electrons. The molecular formula is C19H38NO2+. The number of carbonyl (C=O) groups is 1. The van der Waals surface area contributed by atoms with Crippen LogP contribution in [0.2, 0.25) is 0 Å². The van der Waals surface area contributed by atoms with E-state index in [1.54, 1.807) is 6.92 Å². The largest absolute Gasteiger partial charge is 0.409 e. The Morgan fingerprint density at radius 2 is 1.41 bits per heavy atom. The summed E-state index contributed by atoms with van der Waals surface area (Å²) in [5.74, 6) is -0.269. The molecule has 0 aromatic rings. The Hall–Kier alpha value is -0.830. The fourth-order valence-electron chi connectivity index (χ4n) is 2.46. The number of quaternary nitrogens is 1. The zero-order chi connectivity index (χ0) is 17.0. The first kappa shape index (κ1) is 21.2. The van der Waals surface area contributed by atoms with Crippen molar-refractivity contribution in [2.45, 2.75) is 84.3 Å². The summed E-state index contributed by atoms with van der Waals surface area (Å²) in [5, 5.41) is 0. The van der Waals surface area contributed by atoms with Crippen LogP contribution in [-0.4, -0.2) is 37.8 Å². The molecule has 1 atom stereocenters. The molecule has 3 heteroatoms. The second kappa shape index (κ2) is 11.7. The lowest BCUT2D eigenvalue weighted by molar-refractivity contribution is -0.917. The molecule has 3 nitrogen and oxygen atoms in total. The molecule has 130 valence electrons. The van der Waals surface area contributed by atoms with Crippen molar-refractivity contribution >= 4 is 5.97 Å². The summed E-state index contributed by atoms with van der Waals surface area (Å²) in [6, 6.07) is 0. The van der Waals surface area contributed by atoms with E-state index in [1.807, 2.05) is 0 Å². The van der Waals surface area contributed by atoms with Gasteiger partial charge in [0.05, 0.1) is 21.1 Å². The average molecular weight is 313 g/mol. The number of unbranched alkanes of at least 4 members (excludes halogenated alkanes) is 8. The van der Waals surface area contributed by atoms with E-state index in [1.165, 1.54) is 51.4 Å². The molecule has 0 aliphatic carbocycles. The van der Waals surface area contributed by atoms with Crippen LogP contribution in [0.25, 0.3) is 0 Å². The predicted octanol–water partition coefficient (Wildman–Crippen LogP) is 5.06. The van der Waals surface area contributed by atoms with E-state index >= 15 is 0 Å². The van der Waals surface area contributed by atoms with Crippen molar-refractivity contribution < 1.29 is 14.0 Å². The molecule has 0 aromatic carbocycles. The molecule has 0 aromatic heterocycles. The fourth-order valence-corrected chi connectivity index (χ4v) is 2.46. The lowest BCUT2D eigenvalue weighted by Gasteiger charge is -2.33. The summed E-state index contributed by atoms with van der Waals surface area (Å²) in [6.07, 6.45) is 12.7. The third kappa shape index (κ3) is 10.8. The van der Waals surface area contributed by atoms with Crippen molar-refractivity contribution in [2.75, 3.05) is 21.1 Å². The van der Waals surface area contributed by atoms with Crippen molar-refractivity contribution in [3.05, 3.63) is 12.2 Å². The van der Waals surface area contributed by atoms with Crippen molar-refractivity contribution in [3.63, 3.8) is 0 Å². The Bertz CT molecular complexity index is 318. The minimum atomic E-state index is -0.269. The first-order chi connectivity index (χ1) is 10.3. The van der Waals surface area contributed by atoms with E-state index in [-0.39, 0.29) is 12.2 Å². The highest BCUT2D eigenvalue weighted by atomic mass is 16.6. The summed E-state index contributed by atoms with van der Waals surface area (Å²) in [4.78, 5) is 11.7. The van der Waals surface area contributed by atoms with Gasteiger partial charge in [0.2, 0.25) is 6.23 Å². The Labute approximate surface area is 138 Å². The lowest BCUT2D eigenvalue weighted by atomic mass is 10.1. The summed E-state index contributed by atoms with van der Waals surface area (Å²) in [5.41, 5.74) is 0.477. The highest BCUT2D eigenvalue weighted by Gasteiger charge is 2.27. The highest BCUT2D eigenvalue weighted by molar-refractivity contribution is 5.86. The minimum Gasteiger partial charge on any atom is -0.409 e. The lowest BCUT2D eigenvalue weighted by Crippen LogP contribution is -2.47. The van der Waals surface area contributed by atoms with E-state index < -0.39 is 0 Å². The molecule has 0 bridgehead atoms. The average Bonchev–Trinajstić information content (AvgIpc) is 2.42. The fraction of sp³-hybridized carbons (Fsp3) is 0.842. The smallest absolute Gasteiger partial charge is 0.337 e. The number of hydrogen-bond acceptors (Lipinski definition) is 2. The monoisotopic (exact) mass is 312 g/mol. The number of nitrogens with zero attached hydrogens (tertiary/aromatic N) is 1. The molecule has 1 unspecified atom stereocenters. The van der Waals surface area contributed by atoms with Crippen LogP contribution in [0.15, 0.2) is 12.2 Å². The topological polar surface area (TPSA) is 26.3 Å². The van der Waals surface area contributed by atoms with E-state index in [4.69, 9.17) is 4.74 Å². The van der Waals surface area contributed by atoms with Gasteiger partial charge in [-0.15, -0.1) is 0 Å². The molecule has 0 heterocycles. The van der Waals surface area contributed by atoms with E-state index in [9.17, 15) is 4.79 Å². The van der Waals surface area contributed by atoms with Gasteiger partial charge in [-0.3, -0.25) is 4.48 Å². The highest BCUT2D eigenvalue weighted by Crippen LogP contribution is 2.17. The van der Waals surface area contributed by atoms with Gasteiger partial charge in [-0.1, -0.05) is 64.9 Å². The number of esters is 1. The molecule has 0 spiro atoms. The molecule has 0 aliphatic rings. The Morgan fingerprint density at radius 1 is 0.955 bits per heavy atom. The number of rotatable bonds is 13. The summed E-state index contributed by atoms with van der Waals surface area (Å²) in [7, 11) is 6.22. The van der Waals surface area contributed by atoms with Gasteiger partial charge in [0.15, 0.2) is 0 Å². The third-order valence-corrected chi connectivity index (χ3v) is 4.01. The second-order valence-corrected chi connectivity index (χ2v) is 7.37. The van der Waals surface area contributed by atoms with Crippen molar-refractivity contribution in [1.29, 1.82) is 0 Å². The maximum absolute atomic E-state index is 11.7. The summed E-state index contributed by atoms with van der Waals surface area (Å²) < 4.78 is 6.23. The van der Waals surface area contributed by atoms with Gasteiger partial charge in [-0.2, -0.15) is 0 Å². The van der Waals surface area contributed by atoms with Crippen LogP contribution in [0, 0.1) is 0 Å². The molecule has 0 N–H and O–H groups in total. The second-order valence-electron chi connectivity index (χ2n) is 7.37. The number of carbonyl (C=O) groups excluding carboxylic acids is 1. The Balaban J connectivity index is 3.86. The predicted molar refractivity (Wildman–Crippen MR) is 94.6 cm³/mol. The quantitative estimate of drug-likeness (QED) is 0.156. The van der Waals surface area contributed by atoms with Gasteiger partial charge >= 0.3 is 5.97 Å². The Kier molecular flexibility index (Phi) is 11.3. The van der Waals surface area contributed by atoms with Crippen LogP contribution >= 0.6 is 0 Å². The van der Waals surface area contributed by atoms with Crippen molar-refractivity contribution in [3.8, 4) is 0 Å². The molecule has 0 saturated heterocycles. The van der Waals surface area contributed by atoms with Gasteiger partial charge in [-0.05, 0) is 13.3 Å². The van der Waals surface area contributed by atoms with E-state index in [0.717, 1.165) is 12.8 Å². The SMILES string of the molecule is C=C(C)C(=O)OC(CCCCCCCCCCC)[N+](C)(C)C. The maximum atomic E-state index is 11.7. The first-order valence-corrected chi connectivity index (χ1v) is 8.96. The third-order valence-electron chi connectivity index (χ3n) is 4.01. The molecule has 0 aliphatic heterocycles. The summed E-state index contributed by atoms with van der Waals surface area (Å²) >= 11 is 0. The van der Waals surface area contributed by atoms with Gasteiger partial charge in [0, 0.05) is 12.0 Å². The van der Waals surface area contributed by atoms with Gasteiger partial charge in [0.25, 0.3) is 0 Å². The van der Waals surface area contributed by atoms with Crippen LogP contribution < -0.4 is 0 Å².